The molecular weight excluding hydrogens is 292 g/mol. The zero-order valence-corrected chi connectivity index (χ0v) is 12.8. The number of hydrogen-bond acceptors (Lipinski definition) is 5. The molecule has 3 rings (SSSR count). The summed E-state index contributed by atoms with van der Waals surface area (Å²) < 4.78 is 0. The summed E-state index contributed by atoms with van der Waals surface area (Å²) in [6.45, 7) is 1.04. The van der Waals surface area contributed by atoms with Gasteiger partial charge in [-0.2, -0.15) is 11.8 Å². The molecule has 0 aromatic rings. The van der Waals surface area contributed by atoms with E-state index in [2.05, 4.69) is 5.32 Å². The van der Waals surface area contributed by atoms with Gasteiger partial charge in [0.05, 0.1) is 11.8 Å². The molecule has 3 aliphatic rings. The van der Waals surface area contributed by atoms with E-state index in [1.165, 1.54) is 11.8 Å². The van der Waals surface area contributed by atoms with Crippen molar-refractivity contribution >= 4 is 29.5 Å². The minimum absolute atomic E-state index is 0.0637. The van der Waals surface area contributed by atoms with Gasteiger partial charge in [0.15, 0.2) is 0 Å². The minimum atomic E-state index is -0.551. The molecule has 0 saturated carbocycles. The fourth-order valence-corrected chi connectivity index (χ4v) is 3.94. The predicted molar refractivity (Wildman–Crippen MR) is 78.5 cm³/mol. The quantitative estimate of drug-likeness (QED) is 0.653. The van der Waals surface area contributed by atoms with Crippen molar-refractivity contribution in [3.63, 3.8) is 0 Å². The summed E-state index contributed by atoms with van der Waals surface area (Å²) in [7, 11) is 0. The summed E-state index contributed by atoms with van der Waals surface area (Å²) in [5.41, 5.74) is 5.97. The van der Waals surface area contributed by atoms with Gasteiger partial charge in [0.1, 0.15) is 12.1 Å². The van der Waals surface area contributed by atoms with Gasteiger partial charge < -0.3 is 20.9 Å². The third-order valence-electron chi connectivity index (χ3n) is 4.54. The Labute approximate surface area is 127 Å². The molecule has 0 radical (unpaired) electrons. The van der Waals surface area contributed by atoms with Crippen molar-refractivity contribution in [2.45, 2.75) is 37.0 Å². The molecule has 0 aromatic heterocycles. The second kappa shape index (κ2) is 5.49. The number of fused-ring (bicyclic) bond motifs is 2. The highest BCUT2D eigenvalue weighted by atomic mass is 32.2. The number of nitrogens with two attached hydrogens (primary N) is 1. The van der Waals surface area contributed by atoms with E-state index in [9.17, 15) is 14.4 Å². The Morgan fingerprint density at radius 3 is 2.57 bits per heavy atom. The van der Waals surface area contributed by atoms with Crippen LogP contribution in [0.25, 0.3) is 0 Å². The van der Waals surface area contributed by atoms with Crippen LogP contribution in [0.3, 0.4) is 0 Å². The number of nitrogens with one attached hydrogen (secondary N) is 1. The summed E-state index contributed by atoms with van der Waals surface area (Å²) >= 11 is 1.44. The number of rotatable bonds is 3. The van der Waals surface area contributed by atoms with Crippen molar-refractivity contribution in [3.05, 3.63) is 0 Å². The number of piperazine rings is 1. The highest BCUT2D eigenvalue weighted by molar-refractivity contribution is 7.99. The highest BCUT2D eigenvalue weighted by Crippen LogP contribution is 2.31. The summed E-state index contributed by atoms with van der Waals surface area (Å²) in [5.74, 6) is 0.142. The van der Waals surface area contributed by atoms with Gasteiger partial charge in [-0.1, -0.05) is 0 Å². The van der Waals surface area contributed by atoms with Crippen molar-refractivity contribution in [3.8, 4) is 0 Å². The molecule has 116 valence electrons. The molecule has 21 heavy (non-hydrogen) atoms. The van der Waals surface area contributed by atoms with Crippen molar-refractivity contribution in [2.24, 2.45) is 5.73 Å². The Bertz CT molecular complexity index is 486. The van der Waals surface area contributed by atoms with E-state index in [4.69, 9.17) is 5.73 Å². The van der Waals surface area contributed by atoms with Crippen molar-refractivity contribution in [1.82, 2.24) is 15.1 Å². The lowest BCUT2D eigenvalue weighted by Crippen LogP contribution is -2.66. The Kier molecular flexibility index (Phi) is 3.83. The van der Waals surface area contributed by atoms with Crippen LogP contribution in [0.1, 0.15) is 12.8 Å². The first-order valence-electron chi connectivity index (χ1n) is 7.19. The topological polar surface area (TPSA) is 95.7 Å². The molecule has 0 aromatic carbocycles. The molecule has 3 saturated heterocycles. The maximum absolute atomic E-state index is 12.6. The Morgan fingerprint density at radius 1 is 1.24 bits per heavy atom. The SMILES string of the molecule is CSCC(=O)NC1CCN2C(=O)C3C(N)CCN3C(=O)C12. The number of thioether (sulfide) groups is 1. The van der Waals surface area contributed by atoms with Crippen LogP contribution in [0.2, 0.25) is 0 Å². The largest absolute Gasteiger partial charge is 0.350 e. The van der Waals surface area contributed by atoms with E-state index in [0.29, 0.717) is 31.7 Å². The molecule has 0 aliphatic carbocycles. The molecule has 0 spiro atoms. The van der Waals surface area contributed by atoms with Crippen LogP contribution in [-0.4, -0.2) is 76.8 Å². The van der Waals surface area contributed by atoms with Crippen LogP contribution in [0.4, 0.5) is 0 Å². The van der Waals surface area contributed by atoms with Gasteiger partial charge in [-0.05, 0) is 19.1 Å². The van der Waals surface area contributed by atoms with Gasteiger partial charge in [0.2, 0.25) is 17.7 Å². The number of carbonyl (C=O) groups excluding carboxylic acids is 3. The van der Waals surface area contributed by atoms with Crippen molar-refractivity contribution < 1.29 is 14.4 Å². The third-order valence-corrected chi connectivity index (χ3v) is 5.09. The normalized spacial score (nSPS) is 35.0. The second-order valence-corrected chi connectivity index (χ2v) is 6.67. The van der Waals surface area contributed by atoms with E-state index in [-0.39, 0.29) is 29.8 Å². The van der Waals surface area contributed by atoms with Crippen molar-refractivity contribution in [2.75, 3.05) is 25.1 Å². The van der Waals surface area contributed by atoms with Crippen LogP contribution in [0, 0.1) is 0 Å². The van der Waals surface area contributed by atoms with Crippen LogP contribution in [0.5, 0.6) is 0 Å². The lowest BCUT2D eigenvalue weighted by atomic mass is 10.0. The first-order chi connectivity index (χ1) is 10.0. The summed E-state index contributed by atoms with van der Waals surface area (Å²) in [6, 6.07) is -1.61. The Balaban J connectivity index is 1.78. The highest BCUT2D eigenvalue weighted by Gasteiger charge is 2.55. The fraction of sp³-hybridized carbons (Fsp3) is 0.769. The summed E-state index contributed by atoms with van der Waals surface area (Å²) in [6.07, 6.45) is 3.14. The van der Waals surface area contributed by atoms with Crippen LogP contribution in [0.15, 0.2) is 0 Å². The molecule has 3 N–H and O–H groups in total. The van der Waals surface area contributed by atoms with E-state index in [1.54, 1.807) is 9.80 Å². The molecular formula is C13H20N4O3S. The maximum atomic E-state index is 12.6. The molecule has 0 bridgehead atoms. The second-order valence-electron chi connectivity index (χ2n) is 5.80. The first-order valence-corrected chi connectivity index (χ1v) is 8.59. The van der Waals surface area contributed by atoms with E-state index >= 15 is 0 Å². The van der Waals surface area contributed by atoms with Gasteiger partial charge in [-0.3, -0.25) is 14.4 Å². The molecule has 4 atom stereocenters. The van der Waals surface area contributed by atoms with E-state index < -0.39 is 12.1 Å². The lowest BCUT2D eigenvalue weighted by Gasteiger charge is -2.41. The Morgan fingerprint density at radius 2 is 1.86 bits per heavy atom. The molecule has 3 heterocycles. The summed E-state index contributed by atoms with van der Waals surface area (Å²) in [4.78, 5) is 40.2. The standard InChI is InChI=1S/C13H20N4O3S/c1-21-6-9(18)15-8-3-5-17-11(8)13(20)16-4-2-7(14)10(16)12(17)19/h7-8,10-11H,2-6,14H2,1H3,(H,15,18). The number of hydrogen-bond donors (Lipinski definition) is 2. The monoisotopic (exact) mass is 312 g/mol. The van der Waals surface area contributed by atoms with Gasteiger partial charge in [0, 0.05) is 19.1 Å². The predicted octanol–water partition coefficient (Wildman–Crippen LogP) is -1.62. The molecule has 3 aliphatic heterocycles. The molecule has 3 fully saturated rings. The molecule has 8 heteroatoms. The average Bonchev–Trinajstić information content (AvgIpc) is 3.01. The fourth-order valence-electron chi connectivity index (χ4n) is 3.60. The van der Waals surface area contributed by atoms with Gasteiger partial charge in [-0.25, -0.2) is 0 Å². The molecule has 4 unspecified atom stereocenters. The first kappa shape index (κ1) is 14.6. The zero-order valence-electron chi connectivity index (χ0n) is 11.9. The Hall–Kier alpha value is -1.28. The zero-order chi connectivity index (χ0) is 15.1. The number of nitrogens with zero attached hydrogens (tertiary/aromatic N) is 2. The molecule has 7 nitrogen and oxygen atoms in total. The minimum Gasteiger partial charge on any atom is -0.350 e. The number of amides is 3. The molecule has 3 amide bonds. The smallest absolute Gasteiger partial charge is 0.248 e. The van der Waals surface area contributed by atoms with Crippen LogP contribution in [-0.2, 0) is 14.4 Å². The van der Waals surface area contributed by atoms with Crippen LogP contribution >= 0.6 is 11.8 Å². The number of carbonyl (C=O) groups is 3. The third kappa shape index (κ3) is 2.30. The van der Waals surface area contributed by atoms with Crippen LogP contribution < -0.4 is 11.1 Å². The van der Waals surface area contributed by atoms with Gasteiger partial charge in [0.25, 0.3) is 0 Å². The lowest BCUT2D eigenvalue weighted by molar-refractivity contribution is -0.158. The summed E-state index contributed by atoms with van der Waals surface area (Å²) in [5, 5.41) is 2.89. The van der Waals surface area contributed by atoms with E-state index in [0.717, 1.165) is 0 Å². The van der Waals surface area contributed by atoms with Gasteiger partial charge in [-0.15, -0.1) is 0 Å². The average molecular weight is 312 g/mol. The van der Waals surface area contributed by atoms with Gasteiger partial charge >= 0.3 is 0 Å². The van der Waals surface area contributed by atoms with E-state index in [1.807, 2.05) is 6.26 Å². The maximum Gasteiger partial charge on any atom is 0.248 e. The van der Waals surface area contributed by atoms with Crippen molar-refractivity contribution in [1.29, 1.82) is 0 Å².